The third kappa shape index (κ3) is 5.53. The molecule has 2 rings (SSSR count). The molecule has 1 unspecified atom stereocenters. The Kier molecular flexibility index (Phi) is 7.20. The van der Waals surface area contributed by atoms with Gasteiger partial charge in [0.05, 0.1) is 17.0 Å². The minimum atomic E-state index is -3.78. The number of sulfonamides is 1. The summed E-state index contributed by atoms with van der Waals surface area (Å²) in [6.45, 7) is 1.78. The van der Waals surface area contributed by atoms with Crippen LogP contribution in [0.5, 0.6) is 0 Å². The van der Waals surface area contributed by atoms with E-state index in [0.717, 1.165) is 21.8 Å². The van der Waals surface area contributed by atoms with Gasteiger partial charge in [-0.1, -0.05) is 35.3 Å². The molecule has 0 saturated carbocycles. The Balaban J connectivity index is 2.19. The number of benzene rings is 2. The van der Waals surface area contributed by atoms with E-state index in [2.05, 4.69) is 5.32 Å². The van der Waals surface area contributed by atoms with Crippen LogP contribution in [-0.2, 0) is 21.4 Å². The Morgan fingerprint density at radius 2 is 1.71 bits per heavy atom. The zero-order valence-electron chi connectivity index (χ0n) is 16.1. The van der Waals surface area contributed by atoms with Crippen molar-refractivity contribution in [1.29, 1.82) is 0 Å². The Hall–Kier alpha value is -1.96. The van der Waals surface area contributed by atoms with Crippen molar-refractivity contribution in [2.75, 3.05) is 29.6 Å². The lowest BCUT2D eigenvalue weighted by atomic mass is 10.2. The highest BCUT2D eigenvalue weighted by molar-refractivity contribution is 7.92. The van der Waals surface area contributed by atoms with Crippen LogP contribution >= 0.6 is 23.2 Å². The number of rotatable bonds is 7. The van der Waals surface area contributed by atoms with Crippen molar-refractivity contribution in [2.45, 2.75) is 19.5 Å². The fourth-order valence-corrected chi connectivity index (χ4v) is 4.29. The van der Waals surface area contributed by atoms with E-state index in [9.17, 15) is 13.2 Å². The minimum absolute atomic E-state index is 0.162. The van der Waals surface area contributed by atoms with E-state index in [1.807, 2.05) is 43.3 Å². The van der Waals surface area contributed by atoms with Gasteiger partial charge in [0.15, 0.2) is 0 Å². The molecule has 9 heteroatoms. The summed E-state index contributed by atoms with van der Waals surface area (Å²) < 4.78 is 25.7. The molecular weight excluding hydrogens is 421 g/mol. The first-order valence-electron chi connectivity index (χ1n) is 8.49. The van der Waals surface area contributed by atoms with Crippen LogP contribution in [0.15, 0.2) is 42.5 Å². The lowest BCUT2D eigenvalue weighted by molar-refractivity contribution is -0.122. The number of hydrogen-bond donors (Lipinski definition) is 1. The predicted molar refractivity (Wildman–Crippen MR) is 116 cm³/mol. The molecule has 0 aromatic heterocycles. The summed E-state index contributed by atoms with van der Waals surface area (Å²) in [5.41, 5.74) is 2.11. The second-order valence-electron chi connectivity index (χ2n) is 6.61. The molecule has 0 saturated heterocycles. The van der Waals surface area contributed by atoms with Crippen molar-refractivity contribution < 1.29 is 13.2 Å². The number of nitrogens with one attached hydrogen (secondary N) is 1. The second-order valence-corrected chi connectivity index (χ2v) is 9.31. The topological polar surface area (TPSA) is 69.7 Å². The van der Waals surface area contributed by atoms with Crippen LogP contribution in [0.2, 0.25) is 10.0 Å². The number of carbonyl (C=O) groups is 1. The van der Waals surface area contributed by atoms with Crippen molar-refractivity contribution in [3.8, 4) is 0 Å². The van der Waals surface area contributed by atoms with Crippen molar-refractivity contribution in [3.05, 3.63) is 58.1 Å². The van der Waals surface area contributed by atoms with E-state index in [1.54, 1.807) is 6.07 Å². The predicted octanol–water partition coefficient (Wildman–Crippen LogP) is 3.53. The van der Waals surface area contributed by atoms with Crippen LogP contribution in [-0.4, -0.2) is 40.7 Å². The average Bonchev–Trinajstić information content (AvgIpc) is 2.61. The Morgan fingerprint density at radius 3 is 2.25 bits per heavy atom. The quantitative estimate of drug-likeness (QED) is 0.710. The van der Waals surface area contributed by atoms with Gasteiger partial charge < -0.3 is 10.2 Å². The van der Waals surface area contributed by atoms with E-state index < -0.39 is 22.0 Å². The molecule has 1 atom stereocenters. The highest BCUT2D eigenvalue weighted by atomic mass is 35.5. The zero-order chi connectivity index (χ0) is 21.1. The molecule has 6 nitrogen and oxygen atoms in total. The summed E-state index contributed by atoms with van der Waals surface area (Å²) in [7, 11) is 0.112. The number of anilines is 2. The van der Waals surface area contributed by atoms with Gasteiger partial charge in [0.2, 0.25) is 15.9 Å². The summed E-state index contributed by atoms with van der Waals surface area (Å²) in [5.74, 6) is -0.446. The van der Waals surface area contributed by atoms with Crippen molar-refractivity contribution in [2.24, 2.45) is 0 Å². The third-order valence-electron chi connectivity index (χ3n) is 4.15. The summed E-state index contributed by atoms with van der Waals surface area (Å²) in [5, 5.41) is 3.28. The van der Waals surface area contributed by atoms with Gasteiger partial charge in [0.1, 0.15) is 6.04 Å². The second kappa shape index (κ2) is 9.03. The molecule has 28 heavy (non-hydrogen) atoms. The van der Waals surface area contributed by atoms with Crippen LogP contribution in [0.4, 0.5) is 11.4 Å². The normalized spacial score (nSPS) is 12.4. The lowest BCUT2D eigenvalue weighted by Gasteiger charge is -2.29. The van der Waals surface area contributed by atoms with Gasteiger partial charge in [-0.05, 0) is 42.8 Å². The fraction of sp³-hybridized carbons (Fsp3) is 0.316. The third-order valence-corrected chi connectivity index (χ3v) is 5.94. The summed E-state index contributed by atoms with van der Waals surface area (Å²) in [6, 6.07) is 11.2. The van der Waals surface area contributed by atoms with E-state index >= 15 is 0 Å². The first kappa shape index (κ1) is 22.3. The lowest BCUT2D eigenvalue weighted by Crippen LogP contribution is -2.47. The van der Waals surface area contributed by atoms with E-state index in [1.165, 1.54) is 19.1 Å². The maximum atomic E-state index is 12.6. The first-order valence-corrected chi connectivity index (χ1v) is 11.1. The number of carbonyl (C=O) groups excluding carboxylic acids is 1. The average molecular weight is 444 g/mol. The molecule has 1 N–H and O–H groups in total. The smallest absolute Gasteiger partial charge is 0.243 e. The van der Waals surface area contributed by atoms with Gasteiger partial charge in [-0.25, -0.2) is 8.42 Å². The molecule has 0 aliphatic heterocycles. The molecule has 0 bridgehead atoms. The highest BCUT2D eigenvalue weighted by Gasteiger charge is 2.30. The molecule has 0 aliphatic rings. The molecule has 0 heterocycles. The largest absolute Gasteiger partial charge is 0.378 e. The van der Waals surface area contributed by atoms with Crippen LogP contribution in [0.1, 0.15) is 12.5 Å². The maximum Gasteiger partial charge on any atom is 0.243 e. The molecular formula is C19H23Cl2N3O3S. The van der Waals surface area contributed by atoms with Crippen LogP contribution in [0.3, 0.4) is 0 Å². The van der Waals surface area contributed by atoms with Crippen LogP contribution < -0.4 is 14.5 Å². The molecule has 0 fully saturated rings. The van der Waals surface area contributed by atoms with Gasteiger partial charge in [0.25, 0.3) is 0 Å². The van der Waals surface area contributed by atoms with Crippen molar-refractivity contribution in [1.82, 2.24) is 5.32 Å². The first-order chi connectivity index (χ1) is 13.0. The SMILES string of the molecule is CC(C(=O)NCc1ccc(N(C)C)cc1)N(c1cc(Cl)ccc1Cl)S(C)(=O)=O. The fourth-order valence-electron chi connectivity index (χ4n) is 2.68. The summed E-state index contributed by atoms with van der Waals surface area (Å²) in [4.78, 5) is 14.6. The van der Waals surface area contributed by atoms with Crippen molar-refractivity contribution in [3.63, 3.8) is 0 Å². The van der Waals surface area contributed by atoms with Gasteiger partial charge >= 0.3 is 0 Å². The summed E-state index contributed by atoms with van der Waals surface area (Å²) in [6.07, 6.45) is 1.02. The molecule has 2 aromatic carbocycles. The Labute approximate surface area is 176 Å². The molecule has 2 aromatic rings. The number of nitrogens with zero attached hydrogens (tertiary/aromatic N) is 2. The van der Waals surface area contributed by atoms with Crippen LogP contribution in [0, 0.1) is 0 Å². The molecule has 1 amide bonds. The Bertz CT molecular complexity index is 947. The standard InChI is InChI=1S/C19H23Cl2N3O3S/c1-13(19(25)22-12-14-5-8-16(9-6-14)23(2)3)24(28(4,26)27)18-11-15(20)7-10-17(18)21/h5-11,13H,12H2,1-4H3,(H,22,25). The molecule has 152 valence electrons. The monoisotopic (exact) mass is 443 g/mol. The van der Waals surface area contributed by atoms with Gasteiger partial charge in [0, 0.05) is 31.4 Å². The van der Waals surface area contributed by atoms with Gasteiger partial charge in [-0.3, -0.25) is 9.10 Å². The molecule has 0 aliphatic carbocycles. The molecule has 0 radical (unpaired) electrons. The summed E-state index contributed by atoms with van der Waals surface area (Å²) >= 11 is 12.1. The van der Waals surface area contributed by atoms with E-state index in [0.29, 0.717) is 5.02 Å². The maximum absolute atomic E-state index is 12.6. The van der Waals surface area contributed by atoms with Crippen molar-refractivity contribution >= 4 is 50.5 Å². The van der Waals surface area contributed by atoms with Crippen LogP contribution in [0.25, 0.3) is 0 Å². The number of amides is 1. The van der Waals surface area contributed by atoms with Gasteiger partial charge in [-0.15, -0.1) is 0 Å². The van der Waals surface area contributed by atoms with Gasteiger partial charge in [-0.2, -0.15) is 0 Å². The highest BCUT2D eigenvalue weighted by Crippen LogP contribution is 2.32. The van der Waals surface area contributed by atoms with E-state index in [-0.39, 0.29) is 17.3 Å². The molecule has 0 spiro atoms. The Morgan fingerprint density at radius 1 is 1.11 bits per heavy atom. The minimum Gasteiger partial charge on any atom is -0.378 e. The van der Waals surface area contributed by atoms with E-state index in [4.69, 9.17) is 23.2 Å². The number of hydrogen-bond acceptors (Lipinski definition) is 4. The zero-order valence-corrected chi connectivity index (χ0v) is 18.4. The number of halogens is 2.